The molecule has 1 N–H and O–H groups in total. The molecule has 0 bridgehead atoms. The summed E-state index contributed by atoms with van der Waals surface area (Å²) in [7, 11) is 0. The Kier molecular flexibility index (Phi) is 5.19. The summed E-state index contributed by atoms with van der Waals surface area (Å²) in [5.41, 5.74) is 5.69. The molecule has 0 aliphatic carbocycles. The summed E-state index contributed by atoms with van der Waals surface area (Å²) in [6.07, 6.45) is 5.26. The highest BCUT2D eigenvalue weighted by Crippen LogP contribution is 2.32. The maximum Gasteiger partial charge on any atom is 0.225 e. The average molecular weight is 383 g/mol. The van der Waals surface area contributed by atoms with Gasteiger partial charge in [0.25, 0.3) is 0 Å². The van der Waals surface area contributed by atoms with Gasteiger partial charge in [0.15, 0.2) is 5.82 Å². The Balaban J connectivity index is 1.50. The first-order chi connectivity index (χ1) is 13.5. The molecular formula is C21H30N6O. The fourth-order valence-corrected chi connectivity index (χ4v) is 4.38. The molecule has 0 saturated carbocycles. The van der Waals surface area contributed by atoms with Crippen LogP contribution >= 0.6 is 0 Å². The Bertz CT molecular complexity index is 889. The third-order valence-electron chi connectivity index (χ3n) is 6.27. The van der Waals surface area contributed by atoms with E-state index in [1.165, 1.54) is 11.1 Å². The van der Waals surface area contributed by atoms with Crippen LogP contribution in [0.4, 0.5) is 0 Å². The van der Waals surface area contributed by atoms with Crippen molar-refractivity contribution in [3.63, 3.8) is 0 Å². The van der Waals surface area contributed by atoms with Crippen molar-refractivity contribution in [2.75, 3.05) is 13.1 Å². The van der Waals surface area contributed by atoms with Gasteiger partial charge in [-0.2, -0.15) is 5.10 Å². The minimum absolute atomic E-state index is 0.00192. The van der Waals surface area contributed by atoms with Crippen molar-refractivity contribution in [2.45, 2.75) is 72.0 Å². The number of amides is 1. The molecule has 0 spiro atoms. The maximum atomic E-state index is 13.1. The number of aryl methyl sites for hydroxylation is 1. The van der Waals surface area contributed by atoms with Gasteiger partial charge in [0.2, 0.25) is 5.91 Å². The zero-order chi connectivity index (χ0) is 19.8. The molecule has 4 rings (SSSR count). The molecule has 0 aromatic carbocycles. The number of hydrogen-bond donors (Lipinski definition) is 1. The van der Waals surface area contributed by atoms with Gasteiger partial charge in [0, 0.05) is 55.6 Å². The largest absolute Gasteiger partial charge is 0.332 e. The summed E-state index contributed by atoms with van der Waals surface area (Å²) >= 11 is 0. The number of nitrogens with zero attached hydrogens (tertiary/aromatic N) is 5. The molecule has 2 aliphatic rings. The maximum absolute atomic E-state index is 13.1. The highest BCUT2D eigenvalue weighted by Gasteiger charge is 2.33. The Morgan fingerprint density at radius 1 is 1.36 bits per heavy atom. The first kappa shape index (κ1) is 19.1. The molecule has 1 saturated heterocycles. The number of fused-ring (bicyclic) bond motifs is 1. The van der Waals surface area contributed by atoms with Gasteiger partial charge in [-0.3, -0.25) is 9.48 Å². The lowest BCUT2D eigenvalue weighted by Crippen LogP contribution is -2.33. The van der Waals surface area contributed by atoms with E-state index in [1.807, 2.05) is 22.7 Å². The van der Waals surface area contributed by atoms with Crippen LogP contribution in [0.1, 0.15) is 72.3 Å². The normalized spacial score (nSPS) is 20.3. The quantitative estimate of drug-likeness (QED) is 0.879. The Hall–Kier alpha value is -2.28. The number of nitrogens with one attached hydrogen (secondary N) is 1. The smallest absolute Gasteiger partial charge is 0.225 e. The average Bonchev–Trinajstić information content (AvgIpc) is 3.29. The van der Waals surface area contributed by atoms with Crippen LogP contribution in [0.2, 0.25) is 0 Å². The molecule has 1 amide bonds. The van der Waals surface area contributed by atoms with E-state index in [1.54, 1.807) is 0 Å². The number of carbonyl (C=O) groups excluding carboxylic acids is 1. The highest BCUT2D eigenvalue weighted by atomic mass is 16.2. The van der Waals surface area contributed by atoms with Crippen LogP contribution in [-0.4, -0.2) is 43.6 Å². The lowest BCUT2D eigenvalue weighted by atomic mass is 10.1. The molecule has 2 aromatic heterocycles. The van der Waals surface area contributed by atoms with Crippen molar-refractivity contribution < 1.29 is 4.79 Å². The minimum atomic E-state index is 0.00192. The molecule has 0 unspecified atom stereocenters. The molecule has 7 heteroatoms. The molecule has 1 fully saturated rings. The van der Waals surface area contributed by atoms with E-state index in [9.17, 15) is 4.79 Å². The Morgan fingerprint density at radius 2 is 2.18 bits per heavy atom. The second kappa shape index (κ2) is 7.62. The molecule has 2 aromatic rings. The Morgan fingerprint density at radius 3 is 2.93 bits per heavy atom. The van der Waals surface area contributed by atoms with Crippen molar-refractivity contribution in [1.29, 1.82) is 0 Å². The van der Waals surface area contributed by atoms with Gasteiger partial charge in [0.05, 0.1) is 17.8 Å². The summed E-state index contributed by atoms with van der Waals surface area (Å²) in [5, 5.41) is 7.98. The summed E-state index contributed by atoms with van der Waals surface area (Å²) in [5.74, 6) is 0.976. The van der Waals surface area contributed by atoms with Crippen LogP contribution in [0, 0.1) is 20.8 Å². The van der Waals surface area contributed by atoms with Crippen LogP contribution < -0.4 is 5.32 Å². The second-order valence-corrected chi connectivity index (χ2v) is 8.17. The molecule has 4 heterocycles. The molecule has 28 heavy (non-hydrogen) atoms. The summed E-state index contributed by atoms with van der Waals surface area (Å²) < 4.78 is 2.00. The lowest BCUT2D eigenvalue weighted by Gasteiger charge is -2.26. The third-order valence-corrected chi connectivity index (χ3v) is 6.27. The van der Waals surface area contributed by atoms with Crippen molar-refractivity contribution >= 4 is 5.91 Å². The fourth-order valence-electron chi connectivity index (χ4n) is 4.38. The Labute approximate surface area is 166 Å². The van der Waals surface area contributed by atoms with Gasteiger partial charge >= 0.3 is 0 Å². The summed E-state index contributed by atoms with van der Waals surface area (Å²) in [6.45, 7) is 10.8. The van der Waals surface area contributed by atoms with Crippen LogP contribution in [0.5, 0.6) is 0 Å². The number of carbonyl (C=O) groups is 1. The van der Waals surface area contributed by atoms with Gasteiger partial charge in [-0.05, 0) is 46.1 Å². The first-order valence-corrected chi connectivity index (χ1v) is 10.3. The third kappa shape index (κ3) is 3.43. The topological polar surface area (TPSA) is 75.9 Å². The van der Waals surface area contributed by atoms with Crippen molar-refractivity contribution in [3.8, 4) is 0 Å². The molecule has 7 nitrogen and oxygen atoms in total. The number of likely N-dealkylation sites (tertiary alicyclic amines) is 1. The SMILES string of the molecule is Cc1nn([C@H](C)CC(=O)N2CCC[C@H]2c2ncc3c(n2)CCNC3)c(C)c1C. The molecule has 2 atom stereocenters. The van der Waals surface area contributed by atoms with Gasteiger partial charge in [-0.1, -0.05) is 0 Å². The van der Waals surface area contributed by atoms with E-state index in [-0.39, 0.29) is 18.0 Å². The predicted molar refractivity (Wildman–Crippen MR) is 107 cm³/mol. The second-order valence-electron chi connectivity index (χ2n) is 8.17. The predicted octanol–water partition coefficient (Wildman–Crippen LogP) is 2.56. The van der Waals surface area contributed by atoms with E-state index in [4.69, 9.17) is 4.98 Å². The molecule has 0 radical (unpaired) electrons. The van der Waals surface area contributed by atoms with Crippen LogP contribution in [0.25, 0.3) is 0 Å². The van der Waals surface area contributed by atoms with E-state index in [0.29, 0.717) is 6.42 Å². The zero-order valence-electron chi connectivity index (χ0n) is 17.3. The van der Waals surface area contributed by atoms with Crippen LogP contribution in [-0.2, 0) is 17.8 Å². The zero-order valence-corrected chi connectivity index (χ0v) is 17.3. The fraction of sp³-hybridized carbons (Fsp3) is 0.619. The lowest BCUT2D eigenvalue weighted by molar-refractivity contribution is -0.133. The van der Waals surface area contributed by atoms with Gasteiger partial charge in [-0.15, -0.1) is 0 Å². The van der Waals surface area contributed by atoms with Gasteiger partial charge in [0.1, 0.15) is 0 Å². The first-order valence-electron chi connectivity index (χ1n) is 10.3. The van der Waals surface area contributed by atoms with E-state index < -0.39 is 0 Å². The molecule has 150 valence electrons. The van der Waals surface area contributed by atoms with Gasteiger partial charge in [-0.25, -0.2) is 9.97 Å². The van der Waals surface area contributed by atoms with E-state index >= 15 is 0 Å². The standard InChI is InChI=1S/C21H30N6O/c1-13(27-16(4)14(2)15(3)25-27)10-20(28)26-9-5-6-19(26)21-23-12-17-11-22-8-7-18(17)24-21/h12-13,19,22H,5-11H2,1-4H3/t13-,19+/m1/s1. The van der Waals surface area contributed by atoms with Crippen molar-refractivity contribution in [2.24, 2.45) is 0 Å². The summed E-state index contributed by atoms with van der Waals surface area (Å²) in [4.78, 5) is 24.6. The number of rotatable bonds is 4. The van der Waals surface area contributed by atoms with E-state index in [0.717, 1.165) is 61.8 Å². The van der Waals surface area contributed by atoms with Gasteiger partial charge < -0.3 is 10.2 Å². The minimum Gasteiger partial charge on any atom is -0.332 e. The molecular weight excluding hydrogens is 352 g/mol. The van der Waals surface area contributed by atoms with E-state index in [2.05, 4.69) is 36.2 Å². The molecule has 2 aliphatic heterocycles. The number of aromatic nitrogens is 4. The van der Waals surface area contributed by atoms with Crippen LogP contribution in [0.15, 0.2) is 6.20 Å². The monoisotopic (exact) mass is 382 g/mol. The van der Waals surface area contributed by atoms with Crippen molar-refractivity contribution in [1.82, 2.24) is 30.0 Å². The van der Waals surface area contributed by atoms with Crippen molar-refractivity contribution in [3.05, 3.63) is 40.2 Å². The van der Waals surface area contributed by atoms with Crippen LogP contribution in [0.3, 0.4) is 0 Å². The summed E-state index contributed by atoms with van der Waals surface area (Å²) in [6, 6.07) is 0.0405. The highest BCUT2D eigenvalue weighted by molar-refractivity contribution is 5.77. The number of hydrogen-bond acceptors (Lipinski definition) is 5.